The Morgan fingerprint density at radius 2 is 2.00 bits per heavy atom. The molecule has 0 bridgehead atoms. The highest BCUT2D eigenvalue weighted by Gasteiger charge is 2.50. The molecule has 0 amide bonds. The van der Waals surface area contributed by atoms with Gasteiger partial charge in [-0.25, -0.2) is 4.79 Å². The first kappa shape index (κ1) is 26.3. The number of rotatable bonds is 5. The van der Waals surface area contributed by atoms with E-state index in [9.17, 15) is 23.2 Å². The topological polar surface area (TPSA) is 84.2 Å². The molecular weight excluding hydrogens is 519 g/mol. The van der Waals surface area contributed by atoms with Crippen LogP contribution in [-0.2, 0) is 25.2 Å². The summed E-state index contributed by atoms with van der Waals surface area (Å²) in [6.07, 6.45) is 3.00. The average Bonchev–Trinajstić information content (AvgIpc) is 3.46. The van der Waals surface area contributed by atoms with Crippen molar-refractivity contribution in [1.29, 1.82) is 5.26 Å². The van der Waals surface area contributed by atoms with Crippen LogP contribution >= 0.6 is 0 Å². The fourth-order valence-corrected chi connectivity index (χ4v) is 6.52. The number of benzene rings is 1. The molecule has 2 fully saturated rings. The number of halogens is 3. The summed E-state index contributed by atoms with van der Waals surface area (Å²) in [5.74, 6) is 1.05. The average molecular weight is 550 g/mol. The zero-order valence-electron chi connectivity index (χ0n) is 22.4. The smallest absolute Gasteiger partial charge is 0.320 e. The van der Waals surface area contributed by atoms with Crippen LogP contribution in [0.1, 0.15) is 55.1 Å². The van der Waals surface area contributed by atoms with E-state index in [1.54, 1.807) is 18.5 Å². The second-order valence-corrected chi connectivity index (χ2v) is 11.4. The van der Waals surface area contributed by atoms with Gasteiger partial charge in [-0.15, -0.1) is 10.2 Å². The van der Waals surface area contributed by atoms with Gasteiger partial charge in [0.1, 0.15) is 12.2 Å². The minimum absolute atomic E-state index is 0.143. The van der Waals surface area contributed by atoms with Gasteiger partial charge in [0, 0.05) is 38.4 Å². The first-order valence-electron chi connectivity index (χ1n) is 13.5. The molecule has 4 aromatic rings. The molecule has 208 valence electrons. The Hall–Kier alpha value is -3.91. The van der Waals surface area contributed by atoms with Crippen LogP contribution in [0.5, 0.6) is 0 Å². The third-order valence-electron chi connectivity index (χ3n) is 8.47. The number of alkyl halides is 3. The maximum atomic E-state index is 14.2. The summed E-state index contributed by atoms with van der Waals surface area (Å²) in [4.78, 5) is 15.8. The number of hydrogen-bond acceptors (Lipinski definition) is 5. The monoisotopic (exact) mass is 549 g/mol. The third kappa shape index (κ3) is 4.40. The lowest BCUT2D eigenvalue weighted by Gasteiger charge is -2.44. The van der Waals surface area contributed by atoms with Crippen molar-refractivity contribution in [3.8, 4) is 11.8 Å². The van der Waals surface area contributed by atoms with E-state index >= 15 is 0 Å². The number of piperidine rings is 1. The molecule has 0 spiro atoms. The van der Waals surface area contributed by atoms with Crippen molar-refractivity contribution in [2.45, 2.75) is 50.7 Å². The fourth-order valence-electron chi connectivity index (χ4n) is 6.52. The van der Waals surface area contributed by atoms with Gasteiger partial charge in [-0.05, 0) is 67.5 Å². The minimum Gasteiger partial charge on any atom is -0.320 e. The lowest BCUT2D eigenvalue weighted by molar-refractivity contribution is -0.136. The van der Waals surface area contributed by atoms with Crippen molar-refractivity contribution in [2.75, 3.05) is 13.1 Å². The Morgan fingerprint density at radius 3 is 2.67 bits per heavy atom. The Balaban J connectivity index is 1.44. The molecule has 1 atom stereocenters. The number of likely N-dealkylation sites (tertiary alicyclic amines) is 1. The Morgan fingerprint density at radius 1 is 1.20 bits per heavy atom. The largest absolute Gasteiger partial charge is 0.418 e. The molecule has 4 heterocycles. The van der Waals surface area contributed by atoms with E-state index in [0.29, 0.717) is 42.4 Å². The van der Waals surface area contributed by atoms with E-state index in [-0.39, 0.29) is 11.4 Å². The molecule has 0 unspecified atom stereocenters. The first-order chi connectivity index (χ1) is 19.1. The number of nitriles is 1. The molecule has 1 saturated carbocycles. The molecule has 11 heteroatoms. The van der Waals surface area contributed by atoms with Gasteiger partial charge in [0.25, 0.3) is 0 Å². The summed E-state index contributed by atoms with van der Waals surface area (Å²) in [7, 11) is 1.84. The van der Waals surface area contributed by atoms with Gasteiger partial charge in [0.15, 0.2) is 0 Å². The SMILES string of the molecule is C[C@H]1CCCN(Cc2cc(C(F)(F)F)c3cn(-c4cccc([C@]5(c6nncn6C)C[C@H](C#N)C5)c4)c(=O)n3c2)C1. The molecule has 1 aliphatic carbocycles. The number of imidazole rings is 1. The zero-order chi connectivity index (χ0) is 28.2. The molecule has 2 aliphatic rings. The molecule has 0 radical (unpaired) electrons. The Kier molecular flexibility index (Phi) is 6.33. The summed E-state index contributed by atoms with van der Waals surface area (Å²) in [5.41, 5.74) is -0.398. The van der Waals surface area contributed by atoms with Crippen LogP contribution in [0.15, 0.2) is 53.8 Å². The lowest BCUT2D eigenvalue weighted by Crippen LogP contribution is -2.43. The van der Waals surface area contributed by atoms with Crippen molar-refractivity contribution in [1.82, 2.24) is 28.6 Å². The van der Waals surface area contributed by atoms with E-state index < -0.39 is 22.8 Å². The van der Waals surface area contributed by atoms with Crippen LogP contribution in [0.3, 0.4) is 0 Å². The maximum absolute atomic E-state index is 14.2. The van der Waals surface area contributed by atoms with Gasteiger partial charge >= 0.3 is 11.9 Å². The quantitative estimate of drug-likeness (QED) is 0.361. The number of nitrogens with zero attached hydrogens (tertiary/aromatic N) is 7. The first-order valence-corrected chi connectivity index (χ1v) is 13.5. The molecule has 40 heavy (non-hydrogen) atoms. The van der Waals surface area contributed by atoms with E-state index in [0.717, 1.165) is 35.9 Å². The fraction of sp³-hybridized carbons (Fsp3) is 0.448. The van der Waals surface area contributed by atoms with Crippen molar-refractivity contribution in [3.63, 3.8) is 0 Å². The maximum Gasteiger partial charge on any atom is 0.418 e. The minimum atomic E-state index is -4.62. The van der Waals surface area contributed by atoms with E-state index in [2.05, 4.69) is 28.1 Å². The van der Waals surface area contributed by atoms with E-state index in [1.165, 1.54) is 23.0 Å². The van der Waals surface area contributed by atoms with Crippen LogP contribution in [-0.4, -0.2) is 41.7 Å². The van der Waals surface area contributed by atoms with Gasteiger partial charge in [-0.3, -0.25) is 13.9 Å². The van der Waals surface area contributed by atoms with Gasteiger partial charge < -0.3 is 4.57 Å². The van der Waals surface area contributed by atoms with Gasteiger partial charge in [0.2, 0.25) is 0 Å². The Labute approximate surface area is 229 Å². The summed E-state index contributed by atoms with van der Waals surface area (Å²) in [5, 5.41) is 17.8. The van der Waals surface area contributed by atoms with Crippen LogP contribution in [0.4, 0.5) is 13.2 Å². The van der Waals surface area contributed by atoms with Crippen molar-refractivity contribution in [2.24, 2.45) is 18.9 Å². The van der Waals surface area contributed by atoms with Gasteiger partial charge in [-0.2, -0.15) is 18.4 Å². The highest BCUT2D eigenvalue weighted by Crippen LogP contribution is 2.51. The summed E-state index contributed by atoms with van der Waals surface area (Å²) >= 11 is 0. The standard InChI is InChI=1S/C29H30F3N7O/c1-19-5-4-8-37(14-19)15-20-9-24(29(30,31)32)25-17-38(27(40)39(25)16-20)23-7-3-6-22(10-23)28(11-21(12-28)13-33)26-35-34-18-36(26)2/h3,6-7,9-10,16-19,21H,4-5,8,11-12,14-15H2,1-2H3/t19-,21-,28-/m0/s1. The zero-order valence-corrected chi connectivity index (χ0v) is 22.4. The lowest BCUT2D eigenvalue weighted by atomic mass is 9.58. The second kappa shape index (κ2) is 9.63. The number of hydrogen-bond donors (Lipinski definition) is 0. The van der Waals surface area contributed by atoms with E-state index in [4.69, 9.17) is 0 Å². The van der Waals surface area contributed by atoms with Crippen molar-refractivity contribution < 1.29 is 13.2 Å². The summed E-state index contributed by atoms with van der Waals surface area (Å²) in [6, 6.07) is 10.7. The molecule has 8 nitrogen and oxygen atoms in total. The predicted octanol–water partition coefficient (Wildman–Crippen LogP) is 4.69. The van der Waals surface area contributed by atoms with Gasteiger partial charge in [0.05, 0.1) is 28.3 Å². The molecule has 0 N–H and O–H groups in total. The summed E-state index contributed by atoms with van der Waals surface area (Å²) in [6.45, 7) is 4.15. The third-order valence-corrected chi connectivity index (χ3v) is 8.47. The van der Waals surface area contributed by atoms with Crippen LogP contribution in [0.2, 0.25) is 0 Å². The molecule has 1 aromatic carbocycles. The van der Waals surface area contributed by atoms with Crippen molar-refractivity contribution in [3.05, 3.63) is 82.1 Å². The normalized spacial score (nSPS) is 23.7. The highest BCUT2D eigenvalue weighted by atomic mass is 19.4. The molecule has 1 aliphatic heterocycles. The van der Waals surface area contributed by atoms with Crippen LogP contribution in [0.25, 0.3) is 11.2 Å². The summed E-state index contributed by atoms with van der Waals surface area (Å²) < 4.78 is 46.9. The van der Waals surface area contributed by atoms with Crippen LogP contribution < -0.4 is 5.69 Å². The molecule has 1 saturated heterocycles. The Bertz CT molecular complexity index is 1670. The molecule has 3 aromatic heterocycles. The second-order valence-electron chi connectivity index (χ2n) is 11.4. The molecular formula is C29H30F3N7O. The van der Waals surface area contributed by atoms with Crippen LogP contribution in [0, 0.1) is 23.2 Å². The molecule has 6 rings (SSSR count). The number of aryl methyl sites for hydroxylation is 1. The van der Waals surface area contributed by atoms with E-state index in [1.807, 2.05) is 23.7 Å². The van der Waals surface area contributed by atoms with Gasteiger partial charge in [-0.1, -0.05) is 19.1 Å². The number of aromatic nitrogens is 5. The predicted molar refractivity (Wildman–Crippen MR) is 142 cm³/mol. The van der Waals surface area contributed by atoms with Crippen molar-refractivity contribution >= 4 is 5.52 Å². The number of pyridine rings is 1. The number of fused-ring (bicyclic) bond motifs is 1. The highest BCUT2D eigenvalue weighted by molar-refractivity contribution is 5.58.